The summed E-state index contributed by atoms with van der Waals surface area (Å²) in [7, 11) is 0. The Morgan fingerprint density at radius 2 is 1.94 bits per heavy atom. The van der Waals surface area contributed by atoms with Crippen LogP contribution in [0.15, 0.2) is 0 Å². The summed E-state index contributed by atoms with van der Waals surface area (Å²) in [6, 6.07) is -0.759. The molecule has 2 rings (SSSR count). The quantitative estimate of drug-likeness (QED) is 0.750. The average molecular weight is 246 g/mol. The third-order valence-electron chi connectivity index (χ3n) is 3.39. The van der Waals surface area contributed by atoms with Crippen molar-refractivity contribution < 1.29 is 18.4 Å². The molecule has 1 saturated heterocycles. The van der Waals surface area contributed by atoms with Crippen LogP contribution in [0, 0.1) is 0 Å². The van der Waals surface area contributed by atoms with Gasteiger partial charge in [-0.05, 0) is 12.8 Å². The van der Waals surface area contributed by atoms with E-state index < -0.39 is 19.0 Å². The number of nitrogens with one attached hydrogen (secondary N) is 1. The second-order valence-corrected chi connectivity index (χ2v) is 4.60. The Hall–Kier alpha value is -1.04. The van der Waals surface area contributed by atoms with Crippen molar-refractivity contribution in [3.8, 4) is 0 Å². The predicted molar refractivity (Wildman–Crippen MR) is 56.5 cm³/mol. The summed E-state index contributed by atoms with van der Waals surface area (Å²) in [4.78, 5) is 24.9. The normalized spacial score (nSPS) is 26.5. The molecule has 96 valence electrons. The molecule has 1 N–H and O–H groups in total. The van der Waals surface area contributed by atoms with E-state index in [9.17, 15) is 18.4 Å². The number of alkyl halides is 2. The smallest absolute Gasteiger partial charge is 0.250 e. The number of imide groups is 1. The first kappa shape index (κ1) is 12.4. The van der Waals surface area contributed by atoms with E-state index in [0.29, 0.717) is 0 Å². The van der Waals surface area contributed by atoms with Gasteiger partial charge in [0.15, 0.2) is 0 Å². The number of nitrogens with zero attached hydrogens (tertiary/aromatic N) is 1. The Labute approximate surface area is 98.3 Å². The summed E-state index contributed by atoms with van der Waals surface area (Å²) in [5, 5.41) is 2.45. The lowest BCUT2D eigenvalue weighted by molar-refractivity contribution is -0.141. The highest BCUT2D eigenvalue weighted by Crippen LogP contribution is 2.28. The molecule has 2 amide bonds. The molecule has 0 aromatic heterocycles. The Kier molecular flexibility index (Phi) is 3.71. The molecule has 0 bridgehead atoms. The van der Waals surface area contributed by atoms with Gasteiger partial charge in [-0.1, -0.05) is 12.8 Å². The molecule has 2 aliphatic rings. The van der Waals surface area contributed by atoms with Crippen LogP contribution in [0.2, 0.25) is 0 Å². The van der Waals surface area contributed by atoms with Gasteiger partial charge in [0.25, 0.3) is 6.43 Å². The fourth-order valence-corrected chi connectivity index (χ4v) is 2.59. The van der Waals surface area contributed by atoms with Crippen molar-refractivity contribution in [2.45, 2.75) is 50.6 Å². The van der Waals surface area contributed by atoms with Crippen LogP contribution in [0.1, 0.15) is 32.1 Å². The molecule has 1 saturated carbocycles. The Morgan fingerprint density at radius 3 is 2.53 bits per heavy atom. The molecular weight excluding hydrogens is 230 g/mol. The zero-order valence-corrected chi connectivity index (χ0v) is 9.49. The second-order valence-electron chi connectivity index (χ2n) is 4.60. The van der Waals surface area contributed by atoms with E-state index in [0.717, 1.165) is 25.7 Å². The molecule has 4 nitrogen and oxygen atoms in total. The molecular formula is C11H16F2N2O2. The second kappa shape index (κ2) is 5.08. The molecule has 1 atom stereocenters. The largest absolute Gasteiger partial charge is 0.300 e. The fraction of sp³-hybridized carbons (Fsp3) is 0.818. The lowest BCUT2D eigenvalue weighted by Crippen LogP contribution is -2.44. The van der Waals surface area contributed by atoms with E-state index in [1.807, 2.05) is 0 Å². The molecule has 1 aliphatic carbocycles. The van der Waals surface area contributed by atoms with Gasteiger partial charge in [0.1, 0.15) is 0 Å². The molecule has 17 heavy (non-hydrogen) atoms. The average Bonchev–Trinajstić information content (AvgIpc) is 2.84. The molecule has 0 radical (unpaired) electrons. The Bertz CT molecular complexity index is 317. The minimum atomic E-state index is -2.50. The number of likely N-dealkylation sites (tertiary alicyclic amines) is 1. The number of carbonyl (C=O) groups excluding carboxylic acids is 2. The van der Waals surface area contributed by atoms with Crippen LogP contribution >= 0.6 is 0 Å². The zero-order valence-electron chi connectivity index (χ0n) is 9.49. The van der Waals surface area contributed by atoms with E-state index in [-0.39, 0.29) is 24.3 Å². The monoisotopic (exact) mass is 246 g/mol. The maximum atomic E-state index is 12.0. The third kappa shape index (κ3) is 2.62. The molecule has 0 aromatic carbocycles. The lowest BCUT2D eigenvalue weighted by atomic mass is 10.2. The first-order valence-electron chi connectivity index (χ1n) is 5.97. The van der Waals surface area contributed by atoms with Gasteiger partial charge in [-0.15, -0.1) is 0 Å². The predicted octanol–water partition coefficient (Wildman–Crippen LogP) is 0.911. The zero-order chi connectivity index (χ0) is 12.4. The molecule has 0 aromatic rings. The number of carbonyl (C=O) groups is 2. The summed E-state index contributed by atoms with van der Waals surface area (Å²) in [6.45, 7) is -0.539. The van der Waals surface area contributed by atoms with E-state index in [2.05, 4.69) is 5.32 Å². The van der Waals surface area contributed by atoms with Gasteiger partial charge in [-0.2, -0.15) is 0 Å². The highest BCUT2D eigenvalue weighted by Gasteiger charge is 2.42. The highest BCUT2D eigenvalue weighted by atomic mass is 19.3. The van der Waals surface area contributed by atoms with Crippen LogP contribution in [0.4, 0.5) is 8.78 Å². The van der Waals surface area contributed by atoms with Crippen molar-refractivity contribution in [3.05, 3.63) is 0 Å². The lowest BCUT2D eigenvalue weighted by Gasteiger charge is -2.22. The van der Waals surface area contributed by atoms with E-state index in [1.165, 1.54) is 4.90 Å². The summed E-state index contributed by atoms with van der Waals surface area (Å²) < 4.78 is 24.1. The maximum Gasteiger partial charge on any atom is 0.250 e. The maximum absolute atomic E-state index is 12.0. The van der Waals surface area contributed by atoms with Crippen molar-refractivity contribution in [2.24, 2.45) is 0 Å². The van der Waals surface area contributed by atoms with Gasteiger partial charge in [-0.25, -0.2) is 8.78 Å². The first-order valence-corrected chi connectivity index (χ1v) is 5.97. The van der Waals surface area contributed by atoms with Crippen LogP contribution in [0.3, 0.4) is 0 Å². The van der Waals surface area contributed by atoms with Crippen LogP contribution in [0.25, 0.3) is 0 Å². The third-order valence-corrected chi connectivity index (χ3v) is 3.39. The van der Waals surface area contributed by atoms with Crippen molar-refractivity contribution in [1.29, 1.82) is 0 Å². The van der Waals surface area contributed by atoms with Crippen LogP contribution in [-0.2, 0) is 9.59 Å². The number of hydrogen-bond donors (Lipinski definition) is 1. The van der Waals surface area contributed by atoms with Gasteiger partial charge in [0.2, 0.25) is 11.8 Å². The first-order chi connectivity index (χ1) is 8.09. The van der Waals surface area contributed by atoms with Crippen LogP contribution in [-0.4, -0.2) is 41.8 Å². The molecule has 1 heterocycles. The minimum Gasteiger partial charge on any atom is -0.300 e. The van der Waals surface area contributed by atoms with Gasteiger partial charge in [-0.3, -0.25) is 19.8 Å². The van der Waals surface area contributed by atoms with Crippen molar-refractivity contribution in [1.82, 2.24) is 10.2 Å². The van der Waals surface area contributed by atoms with Gasteiger partial charge < -0.3 is 0 Å². The minimum absolute atomic E-state index is 0.00616. The van der Waals surface area contributed by atoms with E-state index in [4.69, 9.17) is 0 Å². The summed E-state index contributed by atoms with van der Waals surface area (Å²) in [5.41, 5.74) is 0. The van der Waals surface area contributed by atoms with Crippen LogP contribution in [0.5, 0.6) is 0 Å². The van der Waals surface area contributed by atoms with E-state index in [1.54, 1.807) is 0 Å². The molecule has 1 unspecified atom stereocenters. The van der Waals surface area contributed by atoms with Crippen LogP contribution < -0.4 is 5.32 Å². The number of halogens is 2. The highest BCUT2D eigenvalue weighted by molar-refractivity contribution is 6.05. The summed E-state index contributed by atoms with van der Waals surface area (Å²) in [5.74, 6) is -0.559. The summed E-state index contributed by atoms with van der Waals surface area (Å²) >= 11 is 0. The Morgan fingerprint density at radius 1 is 1.29 bits per heavy atom. The Balaban J connectivity index is 1.95. The molecule has 6 heteroatoms. The van der Waals surface area contributed by atoms with Crippen molar-refractivity contribution in [2.75, 3.05) is 6.54 Å². The van der Waals surface area contributed by atoms with Gasteiger partial charge in [0.05, 0.1) is 19.0 Å². The molecule has 1 aliphatic heterocycles. The standard InChI is InChI=1S/C11H16F2N2O2/c12-9(13)6-14-8-5-10(16)15(11(8)17)7-3-1-2-4-7/h7-9,14H,1-6H2. The summed E-state index contributed by atoms with van der Waals surface area (Å²) in [6.07, 6.45) is 1.26. The molecule has 0 spiro atoms. The van der Waals surface area contributed by atoms with Gasteiger partial charge >= 0.3 is 0 Å². The SMILES string of the molecule is O=C1CC(NCC(F)F)C(=O)N1C1CCCC1. The number of rotatable bonds is 4. The molecule has 2 fully saturated rings. The number of amides is 2. The topological polar surface area (TPSA) is 49.4 Å². The van der Waals surface area contributed by atoms with Gasteiger partial charge in [0, 0.05) is 6.04 Å². The van der Waals surface area contributed by atoms with Crippen molar-refractivity contribution >= 4 is 11.8 Å². The fourth-order valence-electron chi connectivity index (χ4n) is 2.59. The van der Waals surface area contributed by atoms with E-state index >= 15 is 0 Å². The van der Waals surface area contributed by atoms with Crippen molar-refractivity contribution in [3.63, 3.8) is 0 Å². The number of hydrogen-bond acceptors (Lipinski definition) is 3.